The van der Waals surface area contributed by atoms with Crippen LogP contribution in [0.2, 0.25) is 0 Å². The molecule has 0 radical (unpaired) electrons. The Bertz CT molecular complexity index is 797. The quantitative estimate of drug-likeness (QED) is 0.324. The van der Waals surface area contributed by atoms with E-state index in [1.165, 1.54) is 0 Å². The Morgan fingerprint density at radius 3 is 1.74 bits per heavy atom. The van der Waals surface area contributed by atoms with E-state index < -0.39 is 0 Å². The normalized spacial score (nSPS) is 9.09. The molecule has 0 atom stereocenters. The predicted octanol–water partition coefficient (Wildman–Crippen LogP) is 4.54. The Balaban J connectivity index is 0.000000203. The van der Waals surface area contributed by atoms with Crippen LogP contribution in [0.3, 0.4) is 0 Å². The van der Waals surface area contributed by atoms with Crippen LogP contribution in [0.1, 0.15) is 11.1 Å². The molecule has 0 aliphatic heterocycles. The molecule has 3 aromatic carbocycles. The van der Waals surface area contributed by atoms with Crippen molar-refractivity contribution in [3.8, 4) is 11.8 Å². The largest absolute Gasteiger partial charge is 0.398 e. The van der Waals surface area contributed by atoms with Gasteiger partial charge in [0.25, 0.3) is 0 Å². The second kappa shape index (κ2) is 8.86. The third-order valence-electron chi connectivity index (χ3n) is 2.98. The van der Waals surface area contributed by atoms with Crippen molar-refractivity contribution in [2.75, 3.05) is 11.5 Å². The van der Waals surface area contributed by atoms with Crippen molar-refractivity contribution in [3.05, 3.63) is 93.6 Å². The highest BCUT2D eigenvalue weighted by Crippen LogP contribution is 2.11. The van der Waals surface area contributed by atoms with Gasteiger partial charge in [-0.2, -0.15) is 0 Å². The average Bonchev–Trinajstić information content (AvgIpc) is 2.58. The maximum absolute atomic E-state index is 5.78. The Morgan fingerprint density at radius 2 is 1.17 bits per heavy atom. The highest BCUT2D eigenvalue weighted by molar-refractivity contribution is 14.1. The summed E-state index contributed by atoms with van der Waals surface area (Å²) in [5, 5.41) is 0. The summed E-state index contributed by atoms with van der Waals surface area (Å²) in [7, 11) is 0. The first-order valence-corrected chi connectivity index (χ1v) is 8.16. The molecular weight excluding hydrogens is 395 g/mol. The lowest BCUT2D eigenvalue weighted by atomic mass is 10.1. The maximum Gasteiger partial charge on any atom is 0.0478 e. The van der Waals surface area contributed by atoms with Gasteiger partial charge in [-0.15, -0.1) is 0 Å². The van der Waals surface area contributed by atoms with Gasteiger partial charge in [0.2, 0.25) is 0 Å². The monoisotopic (exact) mass is 412 g/mol. The first kappa shape index (κ1) is 16.9. The highest BCUT2D eigenvalue weighted by Gasteiger charge is 1.91. The van der Waals surface area contributed by atoms with E-state index in [2.05, 4.69) is 34.4 Å². The number of para-hydroxylation sites is 2. The number of nitrogens with two attached hydrogens (primary N) is 2. The minimum atomic E-state index is 0.723. The lowest BCUT2D eigenvalue weighted by Gasteiger charge is -1.94. The molecule has 0 aromatic heterocycles. The van der Waals surface area contributed by atoms with E-state index in [9.17, 15) is 0 Å². The maximum atomic E-state index is 5.78. The summed E-state index contributed by atoms with van der Waals surface area (Å²) in [5.74, 6) is 6.13. The molecular formula is C20H17IN2. The van der Waals surface area contributed by atoms with Gasteiger partial charge in [-0.3, -0.25) is 0 Å². The fourth-order valence-corrected chi connectivity index (χ4v) is 2.13. The third kappa shape index (κ3) is 5.68. The second-order valence-corrected chi connectivity index (χ2v) is 5.89. The Kier molecular flexibility index (Phi) is 6.52. The predicted molar refractivity (Wildman–Crippen MR) is 107 cm³/mol. The van der Waals surface area contributed by atoms with Crippen molar-refractivity contribution in [1.29, 1.82) is 0 Å². The molecule has 3 rings (SSSR count). The number of hydrogen-bond acceptors (Lipinski definition) is 2. The van der Waals surface area contributed by atoms with Crippen LogP contribution >= 0.6 is 22.6 Å². The zero-order valence-corrected chi connectivity index (χ0v) is 14.7. The van der Waals surface area contributed by atoms with Crippen molar-refractivity contribution >= 4 is 34.0 Å². The van der Waals surface area contributed by atoms with Crippen LogP contribution in [-0.4, -0.2) is 0 Å². The summed E-state index contributed by atoms with van der Waals surface area (Å²) in [6, 6.07) is 25.3. The molecule has 0 unspecified atom stereocenters. The molecule has 0 fully saturated rings. The molecule has 0 saturated carbocycles. The summed E-state index contributed by atoms with van der Waals surface area (Å²) >= 11 is 2.20. The first-order valence-electron chi connectivity index (χ1n) is 7.08. The van der Waals surface area contributed by atoms with Crippen molar-refractivity contribution in [2.45, 2.75) is 0 Å². The summed E-state index contributed by atoms with van der Waals surface area (Å²) < 4.78 is 1.12. The number of nitrogen functional groups attached to an aromatic ring is 2. The molecule has 0 heterocycles. The Morgan fingerprint density at radius 1 is 0.609 bits per heavy atom. The Labute approximate surface area is 150 Å². The number of halogens is 1. The summed E-state index contributed by atoms with van der Waals surface area (Å²) in [5.41, 5.74) is 14.7. The molecule has 3 heteroatoms. The van der Waals surface area contributed by atoms with E-state index in [1.807, 2.05) is 78.9 Å². The lowest BCUT2D eigenvalue weighted by molar-refractivity contribution is 1.61. The van der Waals surface area contributed by atoms with Crippen LogP contribution in [0, 0.1) is 15.4 Å². The van der Waals surface area contributed by atoms with Gasteiger partial charge in [0.1, 0.15) is 0 Å². The lowest BCUT2D eigenvalue weighted by Crippen LogP contribution is -1.88. The zero-order chi connectivity index (χ0) is 16.5. The van der Waals surface area contributed by atoms with Crippen molar-refractivity contribution in [1.82, 2.24) is 0 Å². The molecule has 0 aliphatic rings. The molecule has 0 saturated heterocycles. The molecule has 0 aliphatic carbocycles. The molecule has 23 heavy (non-hydrogen) atoms. The van der Waals surface area contributed by atoms with Gasteiger partial charge in [0.05, 0.1) is 0 Å². The third-order valence-corrected chi connectivity index (χ3v) is 3.96. The highest BCUT2D eigenvalue weighted by atomic mass is 127. The molecule has 0 spiro atoms. The number of benzene rings is 3. The van der Waals surface area contributed by atoms with Gasteiger partial charge >= 0.3 is 0 Å². The van der Waals surface area contributed by atoms with Crippen LogP contribution in [0.4, 0.5) is 11.4 Å². The van der Waals surface area contributed by atoms with E-state index in [-0.39, 0.29) is 0 Å². The zero-order valence-electron chi connectivity index (χ0n) is 12.5. The van der Waals surface area contributed by atoms with Gasteiger partial charge in [0.15, 0.2) is 0 Å². The van der Waals surface area contributed by atoms with Gasteiger partial charge in [-0.05, 0) is 59.0 Å². The van der Waals surface area contributed by atoms with Crippen LogP contribution in [-0.2, 0) is 0 Å². The number of rotatable bonds is 0. The van der Waals surface area contributed by atoms with Crippen molar-refractivity contribution in [3.63, 3.8) is 0 Å². The molecule has 114 valence electrons. The van der Waals surface area contributed by atoms with Crippen LogP contribution in [0.15, 0.2) is 78.9 Å². The average molecular weight is 412 g/mol. The minimum Gasteiger partial charge on any atom is -0.398 e. The standard InChI is InChI=1S/C14H11N.C6H6IN/c15-14-9-5-4-8-13(14)11-10-12-6-2-1-3-7-12;7-5-3-1-2-4-6(5)8/h1-9H,15H2;1-4H,8H2. The second-order valence-electron chi connectivity index (χ2n) is 4.72. The van der Waals surface area contributed by atoms with Crippen molar-refractivity contribution < 1.29 is 0 Å². The van der Waals surface area contributed by atoms with Crippen LogP contribution < -0.4 is 11.5 Å². The van der Waals surface area contributed by atoms with E-state index in [0.717, 1.165) is 26.1 Å². The SMILES string of the molecule is Nc1ccccc1C#Cc1ccccc1.Nc1ccccc1I. The van der Waals surface area contributed by atoms with E-state index in [0.29, 0.717) is 0 Å². The van der Waals surface area contributed by atoms with Gasteiger partial charge in [-0.1, -0.05) is 54.3 Å². The molecule has 0 amide bonds. The van der Waals surface area contributed by atoms with E-state index >= 15 is 0 Å². The minimum absolute atomic E-state index is 0.723. The summed E-state index contributed by atoms with van der Waals surface area (Å²) in [6.45, 7) is 0. The molecule has 0 bridgehead atoms. The Hall–Kier alpha value is -2.45. The van der Waals surface area contributed by atoms with Gasteiger partial charge in [0, 0.05) is 26.1 Å². The van der Waals surface area contributed by atoms with Gasteiger partial charge < -0.3 is 11.5 Å². The number of anilines is 2. The molecule has 4 N–H and O–H groups in total. The smallest absolute Gasteiger partial charge is 0.0478 e. The fourth-order valence-electron chi connectivity index (χ4n) is 1.75. The molecule has 3 aromatic rings. The first-order chi connectivity index (χ1) is 11.2. The van der Waals surface area contributed by atoms with E-state index in [1.54, 1.807) is 0 Å². The summed E-state index contributed by atoms with van der Waals surface area (Å²) in [6.07, 6.45) is 0. The van der Waals surface area contributed by atoms with Crippen LogP contribution in [0.5, 0.6) is 0 Å². The van der Waals surface area contributed by atoms with Crippen LogP contribution in [0.25, 0.3) is 0 Å². The molecule has 2 nitrogen and oxygen atoms in total. The van der Waals surface area contributed by atoms with Gasteiger partial charge in [-0.25, -0.2) is 0 Å². The number of hydrogen-bond donors (Lipinski definition) is 2. The van der Waals surface area contributed by atoms with E-state index in [4.69, 9.17) is 11.5 Å². The summed E-state index contributed by atoms with van der Waals surface area (Å²) in [4.78, 5) is 0. The topological polar surface area (TPSA) is 52.0 Å². The fraction of sp³-hybridized carbons (Fsp3) is 0. The van der Waals surface area contributed by atoms with Crippen molar-refractivity contribution in [2.24, 2.45) is 0 Å².